The van der Waals surface area contributed by atoms with Crippen molar-refractivity contribution in [1.29, 1.82) is 0 Å². The fourth-order valence-corrected chi connectivity index (χ4v) is 3.93. The highest BCUT2D eigenvalue weighted by molar-refractivity contribution is 7.21. The molecule has 0 bridgehead atoms. The van der Waals surface area contributed by atoms with Gasteiger partial charge in [-0.25, -0.2) is 4.39 Å². The highest BCUT2D eigenvalue weighted by atomic mass is 35.5. The van der Waals surface area contributed by atoms with Crippen LogP contribution in [0.2, 0.25) is 5.02 Å². The largest absolute Gasteiger partial charge is 0.342 e. The molecule has 0 unspecified atom stereocenters. The van der Waals surface area contributed by atoms with Crippen LogP contribution in [-0.4, -0.2) is 30.3 Å². The molecule has 0 saturated carbocycles. The minimum absolute atomic E-state index is 0.130. The Kier molecular flexibility index (Phi) is 5.54. The number of thiophene rings is 1. The summed E-state index contributed by atoms with van der Waals surface area (Å²) in [5.41, 5.74) is 0.419. The molecule has 1 aromatic heterocycles. The zero-order valence-corrected chi connectivity index (χ0v) is 15.5. The summed E-state index contributed by atoms with van der Waals surface area (Å²) in [4.78, 5) is 26.3. The van der Waals surface area contributed by atoms with Crippen molar-refractivity contribution in [3.63, 3.8) is 0 Å². The molecule has 1 N–H and O–H groups in total. The third-order valence-electron chi connectivity index (χ3n) is 3.93. The second-order valence-electron chi connectivity index (χ2n) is 5.77. The molecule has 7 heteroatoms. The van der Waals surface area contributed by atoms with Gasteiger partial charge in [0.2, 0.25) is 5.91 Å². The van der Waals surface area contributed by atoms with Crippen molar-refractivity contribution in [1.82, 2.24) is 10.2 Å². The lowest BCUT2D eigenvalue weighted by Crippen LogP contribution is -2.37. The lowest BCUT2D eigenvalue weighted by molar-refractivity contribution is -0.129. The summed E-state index contributed by atoms with van der Waals surface area (Å²) < 4.78 is 14.6. The molecule has 0 fully saturated rings. The van der Waals surface area contributed by atoms with E-state index in [9.17, 15) is 14.0 Å². The molecule has 2 aromatic carbocycles. The van der Waals surface area contributed by atoms with Crippen molar-refractivity contribution in [2.75, 3.05) is 13.6 Å². The minimum Gasteiger partial charge on any atom is -0.342 e. The van der Waals surface area contributed by atoms with Crippen LogP contribution in [0.25, 0.3) is 10.1 Å². The van der Waals surface area contributed by atoms with Gasteiger partial charge in [-0.05, 0) is 12.1 Å². The van der Waals surface area contributed by atoms with Crippen molar-refractivity contribution < 1.29 is 14.0 Å². The molecule has 4 nitrogen and oxygen atoms in total. The maximum atomic E-state index is 13.7. The molecule has 0 aliphatic rings. The second kappa shape index (κ2) is 7.85. The molecule has 0 aliphatic heterocycles. The molecule has 134 valence electrons. The van der Waals surface area contributed by atoms with Gasteiger partial charge in [0.1, 0.15) is 10.7 Å². The van der Waals surface area contributed by atoms with E-state index in [2.05, 4.69) is 5.32 Å². The molecule has 26 heavy (non-hydrogen) atoms. The Morgan fingerprint density at radius 1 is 1.15 bits per heavy atom. The van der Waals surface area contributed by atoms with Gasteiger partial charge in [-0.3, -0.25) is 9.59 Å². The lowest BCUT2D eigenvalue weighted by Gasteiger charge is -2.17. The van der Waals surface area contributed by atoms with Crippen LogP contribution in [-0.2, 0) is 11.3 Å². The number of rotatable bonds is 5. The highest BCUT2D eigenvalue weighted by Crippen LogP contribution is 2.34. The summed E-state index contributed by atoms with van der Waals surface area (Å²) in [5.74, 6) is -1.09. The lowest BCUT2D eigenvalue weighted by atomic mass is 10.2. The molecule has 2 amide bonds. The summed E-state index contributed by atoms with van der Waals surface area (Å²) in [5, 5.41) is 3.78. The van der Waals surface area contributed by atoms with Crippen molar-refractivity contribution in [3.8, 4) is 0 Å². The van der Waals surface area contributed by atoms with Crippen LogP contribution in [0.3, 0.4) is 0 Å². The quantitative estimate of drug-likeness (QED) is 0.713. The first-order valence-electron chi connectivity index (χ1n) is 7.90. The smallest absolute Gasteiger partial charge is 0.263 e. The average molecular weight is 391 g/mol. The number of hydrogen-bond acceptors (Lipinski definition) is 3. The Morgan fingerprint density at radius 3 is 2.58 bits per heavy atom. The fraction of sp³-hybridized carbons (Fsp3) is 0.158. The Labute approximate surface area is 159 Å². The van der Waals surface area contributed by atoms with Crippen LogP contribution in [0.15, 0.2) is 48.5 Å². The summed E-state index contributed by atoms with van der Waals surface area (Å²) in [6, 6.07) is 13.7. The molecule has 0 aliphatic carbocycles. The van der Waals surface area contributed by atoms with Crippen molar-refractivity contribution in [2.45, 2.75) is 6.54 Å². The van der Waals surface area contributed by atoms with E-state index in [1.807, 2.05) is 24.3 Å². The van der Waals surface area contributed by atoms with E-state index in [1.54, 1.807) is 25.2 Å². The van der Waals surface area contributed by atoms with E-state index in [4.69, 9.17) is 11.6 Å². The third-order valence-corrected chi connectivity index (χ3v) is 5.61. The summed E-state index contributed by atoms with van der Waals surface area (Å²) >= 11 is 7.55. The van der Waals surface area contributed by atoms with Crippen LogP contribution in [0.1, 0.15) is 15.2 Å². The normalized spacial score (nSPS) is 10.7. The first-order valence-corrected chi connectivity index (χ1v) is 9.09. The third kappa shape index (κ3) is 3.86. The van der Waals surface area contributed by atoms with Crippen LogP contribution in [0.5, 0.6) is 0 Å². The second-order valence-corrected chi connectivity index (χ2v) is 7.20. The minimum atomic E-state index is -0.399. The standard InChI is InChI=1S/C19H16ClFN2O2S/c1-23(11-12-6-2-4-8-14(12)21)16(24)10-22-19(25)18-17(20)13-7-3-5-9-15(13)26-18/h2-9H,10-11H2,1H3,(H,22,25). The molecule has 0 radical (unpaired) electrons. The maximum absolute atomic E-state index is 13.7. The summed E-state index contributed by atoms with van der Waals surface area (Å²) in [7, 11) is 1.56. The zero-order valence-electron chi connectivity index (χ0n) is 14.0. The van der Waals surface area contributed by atoms with Crippen LogP contribution in [0.4, 0.5) is 4.39 Å². The summed E-state index contributed by atoms with van der Waals surface area (Å²) in [6.45, 7) is -0.0562. The molecule has 3 aromatic rings. The van der Waals surface area contributed by atoms with Crippen molar-refractivity contribution in [3.05, 3.63) is 69.8 Å². The predicted molar refractivity (Wildman–Crippen MR) is 102 cm³/mol. The van der Waals surface area contributed by atoms with Crippen LogP contribution in [0, 0.1) is 5.82 Å². The van der Waals surface area contributed by atoms with E-state index in [1.165, 1.54) is 22.3 Å². The Hall–Kier alpha value is -2.44. The van der Waals surface area contributed by atoms with Crippen molar-refractivity contribution in [2.24, 2.45) is 0 Å². The molecular weight excluding hydrogens is 375 g/mol. The predicted octanol–water partition coefficient (Wildman–Crippen LogP) is 4.08. The van der Waals surface area contributed by atoms with E-state index in [0.717, 1.165) is 10.1 Å². The molecule has 3 rings (SSSR count). The molecular formula is C19H16ClFN2O2S. The topological polar surface area (TPSA) is 49.4 Å². The van der Waals surface area contributed by atoms with Gasteiger partial charge in [-0.15, -0.1) is 11.3 Å². The van der Waals surface area contributed by atoms with Crippen molar-refractivity contribution >= 4 is 44.8 Å². The number of carbonyl (C=O) groups is 2. The molecule has 0 atom stereocenters. The van der Waals surface area contributed by atoms with Crippen LogP contribution < -0.4 is 5.32 Å². The number of fused-ring (bicyclic) bond motifs is 1. The zero-order chi connectivity index (χ0) is 18.7. The van der Waals surface area contributed by atoms with E-state index < -0.39 is 5.91 Å². The van der Waals surface area contributed by atoms with Gasteiger partial charge in [0.25, 0.3) is 5.91 Å². The Balaban J connectivity index is 1.62. The van der Waals surface area contributed by atoms with Gasteiger partial charge in [0, 0.05) is 29.2 Å². The van der Waals surface area contributed by atoms with Gasteiger partial charge in [0.15, 0.2) is 0 Å². The van der Waals surface area contributed by atoms with E-state index in [-0.39, 0.29) is 24.8 Å². The van der Waals surface area contributed by atoms with Gasteiger partial charge >= 0.3 is 0 Å². The van der Waals surface area contributed by atoms with E-state index in [0.29, 0.717) is 15.5 Å². The number of hydrogen-bond donors (Lipinski definition) is 1. The Morgan fingerprint density at radius 2 is 1.85 bits per heavy atom. The van der Waals surface area contributed by atoms with Gasteiger partial charge in [-0.1, -0.05) is 48.0 Å². The maximum Gasteiger partial charge on any atom is 0.263 e. The monoisotopic (exact) mass is 390 g/mol. The number of halogens is 2. The highest BCUT2D eigenvalue weighted by Gasteiger charge is 2.18. The van der Waals surface area contributed by atoms with Gasteiger partial charge in [0.05, 0.1) is 11.6 Å². The van der Waals surface area contributed by atoms with Crippen LogP contribution >= 0.6 is 22.9 Å². The average Bonchev–Trinajstić information content (AvgIpc) is 2.98. The fourth-order valence-electron chi connectivity index (χ4n) is 2.50. The number of amides is 2. The molecule has 0 spiro atoms. The number of likely N-dealkylation sites (N-methyl/N-ethyl adjacent to an activating group) is 1. The number of benzene rings is 2. The SMILES string of the molecule is CN(Cc1ccccc1F)C(=O)CNC(=O)c1sc2ccccc2c1Cl. The number of nitrogens with one attached hydrogen (secondary N) is 1. The summed E-state index contributed by atoms with van der Waals surface area (Å²) in [6.07, 6.45) is 0. The Bertz CT molecular complexity index is 973. The van der Waals surface area contributed by atoms with E-state index >= 15 is 0 Å². The van der Waals surface area contributed by atoms with Gasteiger partial charge in [-0.2, -0.15) is 0 Å². The first kappa shape index (κ1) is 18.4. The number of nitrogens with zero attached hydrogens (tertiary/aromatic N) is 1. The molecule has 0 saturated heterocycles. The first-order chi connectivity index (χ1) is 12.5. The molecule has 1 heterocycles. The van der Waals surface area contributed by atoms with Gasteiger partial charge < -0.3 is 10.2 Å². The number of carbonyl (C=O) groups excluding carboxylic acids is 2.